The highest BCUT2D eigenvalue weighted by Crippen LogP contribution is 2.33. The van der Waals surface area contributed by atoms with Crippen molar-refractivity contribution in [2.45, 2.75) is 19.0 Å². The summed E-state index contributed by atoms with van der Waals surface area (Å²) < 4.78 is 84.6. The summed E-state index contributed by atoms with van der Waals surface area (Å²) in [7, 11) is -5.99. The number of nitrogens with one attached hydrogen (secondary N) is 1. The van der Waals surface area contributed by atoms with E-state index in [1.807, 2.05) is 0 Å². The Balaban J connectivity index is 2.05. The van der Waals surface area contributed by atoms with Crippen molar-refractivity contribution in [1.82, 2.24) is 9.78 Å². The van der Waals surface area contributed by atoms with Gasteiger partial charge in [-0.2, -0.15) is 21.6 Å². The Labute approximate surface area is 173 Å². The first-order valence-electron chi connectivity index (χ1n) is 8.69. The molecule has 0 radical (unpaired) electrons. The number of hydrogen-bond donors (Lipinski definition) is 1. The van der Waals surface area contributed by atoms with E-state index in [-0.39, 0.29) is 29.7 Å². The van der Waals surface area contributed by atoms with Crippen LogP contribution in [0.25, 0.3) is 10.9 Å². The average molecular weight is 461 g/mol. The zero-order chi connectivity index (χ0) is 22.8. The Bertz CT molecular complexity index is 1210. The van der Waals surface area contributed by atoms with Gasteiger partial charge in [0.1, 0.15) is 5.82 Å². The highest BCUT2D eigenvalue weighted by Gasteiger charge is 2.49. The number of halogens is 4. The second-order valence-corrected chi connectivity index (χ2v) is 7.69. The lowest BCUT2D eigenvalue weighted by atomic mass is 10.2. The third-order valence-corrected chi connectivity index (χ3v) is 4.90. The van der Waals surface area contributed by atoms with Crippen molar-refractivity contribution in [3.63, 3.8) is 0 Å². The molecule has 1 amide bonds. The standard InChI is InChI=1S/C18H15F4N3O5S/c1-2-29-17(26)23-13-7-8-15-14(9-13)16(30-31(27,28)18(20,21)22)24-25(15)10-11-3-5-12(19)6-4-11/h3-9H,2,10H2,1H3,(H,23,26). The molecule has 8 nitrogen and oxygen atoms in total. The molecule has 1 heterocycles. The van der Waals surface area contributed by atoms with Crippen LogP contribution in [0.4, 0.5) is 28.0 Å². The maximum absolute atomic E-state index is 13.1. The van der Waals surface area contributed by atoms with Crippen molar-refractivity contribution in [2.75, 3.05) is 11.9 Å². The van der Waals surface area contributed by atoms with Gasteiger partial charge in [0.05, 0.1) is 24.1 Å². The van der Waals surface area contributed by atoms with Crippen molar-refractivity contribution in [3.8, 4) is 5.88 Å². The lowest BCUT2D eigenvalue weighted by molar-refractivity contribution is -0.0501. The van der Waals surface area contributed by atoms with E-state index in [1.165, 1.54) is 47.1 Å². The maximum atomic E-state index is 13.1. The van der Waals surface area contributed by atoms with Crippen LogP contribution in [-0.4, -0.2) is 36.4 Å². The van der Waals surface area contributed by atoms with E-state index in [9.17, 15) is 30.8 Å². The number of anilines is 1. The Morgan fingerprint density at radius 2 is 1.84 bits per heavy atom. The molecular formula is C18H15F4N3O5S. The van der Waals surface area contributed by atoms with Gasteiger partial charge in [-0.15, -0.1) is 5.10 Å². The molecule has 0 atom stereocenters. The predicted octanol–water partition coefficient (Wildman–Crippen LogP) is 4.02. The van der Waals surface area contributed by atoms with Crippen LogP contribution < -0.4 is 9.50 Å². The lowest BCUT2D eigenvalue weighted by Gasteiger charge is -2.08. The lowest BCUT2D eigenvalue weighted by Crippen LogP contribution is -2.28. The molecule has 3 aromatic rings. The van der Waals surface area contributed by atoms with Crippen LogP contribution in [0.2, 0.25) is 0 Å². The minimum Gasteiger partial charge on any atom is -0.450 e. The van der Waals surface area contributed by atoms with Gasteiger partial charge in [-0.25, -0.2) is 9.18 Å². The summed E-state index contributed by atoms with van der Waals surface area (Å²) in [6, 6.07) is 9.27. The second kappa shape index (κ2) is 8.41. The summed E-state index contributed by atoms with van der Waals surface area (Å²) in [6.45, 7) is 1.65. The topological polar surface area (TPSA) is 99.5 Å². The van der Waals surface area contributed by atoms with Crippen molar-refractivity contribution >= 4 is 32.8 Å². The number of hydrogen-bond acceptors (Lipinski definition) is 6. The van der Waals surface area contributed by atoms with Crippen molar-refractivity contribution in [3.05, 3.63) is 53.8 Å². The summed E-state index contributed by atoms with van der Waals surface area (Å²) in [5, 5.41) is 6.09. The predicted molar refractivity (Wildman–Crippen MR) is 101 cm³/mol. The molecule has 2 aromatic carbocycles. The van der Waals surface area contributed by atoms with Gasteiger partial charge in [-0.05, 0) is 42.8 Å². The highest BCUT2D eigenvalue weighted by atomic mass is 32.2. The molecule has 0 unspecified atom stereocenters. The zero-order valence-electron chi connectivity index (χ0n) is 15.8. The first-order valence-corrected chi connectivity index (χ1v) is 10.1. The Morgan fingerprint density at radius 3 is 2.45 bits per heavy atom. The van der Waals surface area contributed by atoms with Gasteiger partial charge in [0.2, 0.25) is 0 Å². The van der Waals surface area contributed by atoms with Crippen LogP contribution in [0, 0.1) is 5.82 Å². The number of carbonyl (C=O) groups excluding carboxylic acids is 1. The van der Waals surface area contributed by atoms with Crippen LogP contribution in [0.15, 0.2) is 42.5 Å². The molecule has 0 spiro atoms. The normalized spacial score (nSPS) is 12.0. The van der Waals surface area contributed by atoms with Crippen LogP contribution in [0.5, 0.6) is 5.88 Å². The van der Waals surface area contributed by atoms with Crippen LogP contribution in [0.1, 0.15) is 12.5 Å². The van der Waals surface area contributed by atoms with E-state index >= 15 is 0 Å². The number of fused-ring (bicyclic) bond motifs is 1. The number of ether oxygens (including phenoxy) is 1. The van der Waals surface area contributed by atoms with Crippen molar-refractivity contribution in [2.24, 2.45) is 0 Å². The SMILES string of the molecule is CCOC(=O)Nc1ccc2c(c1)c(OS(=O)(=O)C(F)(F)F)nn2Cc1ccc(F)cc1. The summed E-state index contributed by atoms with van der Waals surface area (Å²) in [4.78, 5) is 11.6. The fourth-order valence-electron chi connectivity index (χ4n) is 2.61. The van der Waals surface area contributed by atoms with Gasteiger partial charge in [0.15, 0.2) is 0 Å². The van der Waals surface area contributed by atoms with Gasteiger partial charge < -0.3 is 8.92 Å². The summed E-state index contributed by atoms with van der Waals surface area (Å²) in [6.07, 6.45) is -0.814. The molecule has 1 aromatic heterocycles. The number of aromatic nitrogens is 2. The smallest absolute Gasteiger partial charge is 0.450 e. The van der Waals surface area contributed by atoms with Gasteiger partial charge in [-0.3, -0.25) is 10.00 Å². The molecule has 31 heavy (non-hydrogen) atoms. The Morgan fingerprint density at radius 1 is 1.16 bits per heavy atom. The number of carbonyl (C=O) groups is 1. The van der Waals surface area contributed by atoms with Crippen molar-refractivity contribution in [1.29, 1.82) is 0 Å². The molecule has 0 fully saturated rings. The number of alkyl halides is 3. The molecular weight excluding hydrogens is 446 g/mol. The van der Waals surface area contributed by atoms with Crippen LogP contribution >= 0.6 is 0 Å². The monoisotopic (exact) mass is 461 g/mol. The maximum Gasteiger partial charge on any atom is 0.534 e. The summed E-state index contributed by atoms with van der Waals surface area (Å²) >= 11 is 0. The largest absolute Gasteiger partial charge is 0.534 e. The minimum absolute atomic E-state index is 0.0170. The molecule has 0 aliphatic rings. The molecule has 0 aliphatic heterocycles. The molecule has 0 saturated carbocycles. The third kappa shape index (κ3) is 5.05. The van der Waals surface area contributed by atoms with E-state index < -0.39 is 33.4 Å². The molecule has 0 aliphatic carbocycles. The number of amides is 1. The zero-order valence-corrected chi connectivity index (χ0v) is 16.6. The van der Waals surface area contributed by atoms with E-state index in [0.717, 1.165) is 0 Å². The van der Waals surface area contributed by atoms with E-state index in [1.54, 1.807) is 6.92 Å². The average Bonchev–Trinajstić information content (AvgIpc) is 2.99. The molecule has 0 bridgehead atoms. The van der Waals surface area contributed by atoms with E-state index in [4.69, 9.17) is 4.74 Å². The molecule has 13 heteroatoms. The van der Waals surface area contributed by atoms with Gasteiger partial charge in [-0.1, -0.05) is 12.1 Å². The third-order valence-electron chi connectivity index (χ3n) is 3.96. The fraction of sp³-hybridized carbons (Fsp3) is 0.222. The fourth-order valence-corrected chi connectivity index (χ4v) is 3.03. The van der Waals surface area contributed by atoms with Crippen molar-refractivity contribution < 1.29 is 39.7 Å². The number of rotatable bonds is 6. The molecule has 0 saturated heterocycles. The Hall–Kier alpha value is -3.35. The molecule has 3 rings (SSSR count). The Kier molecular flexibility index (Phi) is 6.06. The summed E-state index contributed by atoms with van der Waals surface area (Å²) in [5.74, 6) is -1.31. The van der Waals surface area contributed by atoms with Crippen LogP contribution in [0.3, 0.4) is 0 Å². The highest BCUT2D eigenvalue weighted by molar-refractivity contribution is 7.88. The minimum atomic E-state index is -5.99. The number of nitrogens with zero attached hydrogens (tertiary/aromatic N) is 2. The second-order valence-electron chi connectivity index (χ2n) is 6.15. The van der Waals surface area contributed by atoms with Gasteiger partial charge in [0.25, 0.3) is 5.88 Å². The summed E-state index contributed by atoms with van der Waals surface area (Å²) in [5.41, 5.74) is -4.79. The van der Waals surface area contributed by atoms with Gasteiger partial charge in [0, 0.05) is 5.69 Å². The number of benzene rings is 2. The van der Waals surface area contributed by atoms with Crippen LogP contribution in [-0.2, 0) is 21.4 Å². The first-order chi connectivity index (χ1) is 14.5. The van der Waals surface area contributed by atoms with E-state index in [0.29, 0.717) is 5.56 Å². The quantitative estimate of drug-likeness (QED) is 0.338. The molecule has 1 N–H and O–H groups in total. The van der Waals surface area contributed by atoms with E-state index in [2.05, 4.69) is 14.6 Å². The first kappa shape index (κ1) is 22.3. The molecule has 166 valence electrons. The van der Waals surface area contributed by atoms with Gasteiger partial charge >= 0.3 is 21.7 Å².